The molecule has 0 aliphatic carbocycles. The maximum atomic E-state index is 12.5. The Bertz CT molecular complexity index is 1220. The molecule has 8 nitrogen and oxygen atoms in total. The van der Waals surface area contributed by atoms with E-state index in [0.717, 1.165) is 27.9 Å². The van der Waals surface area contributed by atoms with Crippen molar-refractivity contribution in [2.75, 3.05) is 11.9 Å². The van der Waals surface area contributed by atoms with Gasteiger partial charge in [0.1, 0.15) is 5.82 Å². The number of fused-ring (bicyclic) bond motifs is 1. The number of rotatable bonds is 6. The van der Waals surface area contributed by atoms with Crippen molar-refractivity contribution in [1.82, 2.24) is 24.5 Å². The maximum Gasteiger partial charge on any atom is 0.263 e. The lowest BCUT2D eigenvalue weighted by Crippen LogP contribution is -2.22. The van der Waals surface area contributed by atoms with E-state index < -0.39 is 0 Å². The molecular formula is C22H24N6O2. The minimum atomic E-state index is -0.280. The summed E-state index contributed by atoms with van der Waals surface area (Å²) in [6, 6.07) is 11.9. The van der Waals surface area contributed by atoms with Crippen molar-refractivity contribution in [3.63, 3.8) is 0 Å². The zero-order chi connectivity index (χ0) is 21.3. The SMILES string of the molecule is Cc1cccc(Cn2nccc2NC(=O)COc2nn(C)c3nc(C)cc(C)c23)c1. The molecular weight excluding hydrogens is 380 g/mol. The summed E-state index contributed by atoms with van der Waals surface area (Å²) in [4.78, 5) is 17.0. The van der Waals surface area contributed by atoms with Crippen LogP contribution in [0.15, 0.2) is 42.6 Å². The smallest absolute Gasteiger partial charge is 0.263 e. The van der Waals surface area contributed by atoms with Gasteiger partial charge >= 0.3 is 0 Å². The van der Waals surface area contributed by atoms with Crippen molar-refractivity contribution in [2.24, 2.45) is 7.05 Å². The number of nitrogens with zero attached hydrogens (tertiary/aromatic N) is 5. The van der Waals surface area contributed by atoms with Gasteiger partial charge in [-0.1, -0.05) is 29.8 Å². The number of carbonyl (C=O) groups is 1. The molecule has 0 atom stereocenters. The van der Waals surface area contributed by atoms with Crippen LogP contribution in [0, 0.1) is 20.8 Å². The number of hydrogen-bond acceptors (Lipinski definition) is 5. The molecule has 1 N–H and O–H groups in total. The zero-order valence-electron chi connectivity index (χ0n) is 17.5. The summed E-state index contributed by atoms with van der Waals surface area (Å²) in [5, 5.41) is 12.4. The van der Waals surface area contributed by atoms with Crippen LogP contribution < -0.4 is 10.1 Å². The fourth-order valence-electron chi connectivity index (χ4n) is 3.51. The topological polar surface area (TPSA) is 86.9 Å². The monoisotopic (exact) mass is 404 g/mol. The fourth-order valence-corrected chi connectivity index (χ4v) is 3.51. The van der Waals surface area contributed by atoms with E-state index in [-0.39, 0.29) is 12.5 Å². The van der Waals surface area contributed by atoms with Gasteiger partial charge in [-0.05, 0) is 38.0 Å². The van der Waals surface area contributed by atoms with Crippen LogP contribution in [-0.2, 0) is 18.4 Å². The van der Waals surface area contributed by atoms with Gasteiger partial charge < -0.3 is 10.1 Å². The number of ether oxygens (including phenoxy) is 1. The molecule has 154 valence electrons. The van der Waals surface area contributed by atoms with Crippen LogP contribution in [0.25, 0.3) is 11.0 Å². The second kappa shape index (κ2) is 7.98. The number of carbonyl (C=O) groups excluding carboxylic acids is 1. The Hall–Kier alpha value is -3.68. The van der Waals surface area contributed by atoms with Crippen LogP contribution in [-0.4, -0.2) is 37.1 Å². The third kappa shape index (κ3) is 4.03. The lowest BCUT2D eigenvalue weighted by atomic mass is 10.1. The average Bonchev–Trinajstić information content (AvgIpc) is 3.24. The summed E-state index contributed by atoms with van der Waals surface area (Å²) in [5.41, 5.74) is 4.95. The van der Waals surface area contributed by atoms with E-state index in [1.54, 1.807) is 21.6 Å². The molecule has 0 unspecified atom stereocenters. The number of aryl methyl sites for hydroxylation is 4. The van der Waals surface area contributed by atoms with E-state index in [0.29, 0.717) is 18.2 Å². The molecule has 30 heavy (non-hydrogen) atoms. The van der Waals surface area contributed by atoms with E-state index >= 15 is 0 Å². The first-order valence-electron chi connectivity index (χ1n) is 9.71. The standard InChI is InChI=1S/C22H24N6O2/c1-14-6-5-7-17(10-14)12-28-18(8-9-23-28)25-19(29)13-30-22-20-15(2)11-16(3)24-21(20)27(4)26-22/h5-11H,12-13H2,1-4H3,(H,25,29). The highest BCUT2D eigenvalue weighted by molar-refractivity contribution is 5.91. The van der Waals surface area contributed by atoms with Gasteiger partial charge in [0.25, 0.3) is 5.91 Å². The number of amides is 1. The molecule has 0 saturated heterocycles. The van der Waals surface area contributed by atoms with Crippen molar-refractivity contribution < 1.29 is 9.53 Å². The summed E-state index contributed by atoms with van der Waals surface area (Å²) in [5.74, 6) is 0.739. The first-order chi connectivity index (χ1) is 14.4. The van der Waals surface area contributed by atoms with Crippen molar-refractivity contribution in [3.05, 3.63) is 65.0 Å². The van der Waals surface area contributed by atoms with Crippen molar-refractivity contribution in [2.45, 2.75) is 27.3 Å². The molecule has 0 aliphatic rings. The lowest BCUT2D eigenvalue weighted by molar-refractivity contribution is -0.118. The number of nitrogens with one attached hydrogen (secondary N) is 1. The highest BCUT2D eigenvalue weighted by Gasteiger charge is 2.16. The third-order valence-corrected chi connectivity index (χ3v) is 4.83. The molecule has 3 aromatic heterocycles. The highest BCUT2D eigenvalue weighted by atomic mass is 16.5. The molecule has 0 aliphatic heterocycles. The van der Waals surface area contributed by atoms with Crippen LogP contribution in [0.4, 0.5) is 5.82 Å². The van der Waals surface area contributed by atoms with Crippen LogP contribution in [0.2, 0.25) is 0 Å². The number of anilines is 1. The number of pyridine rings is 1. The molecule has 0 saturated carbocycles. The van der Waals surface area contributed by atoms with Crippen LogP contribution in [0.3, 0.4) is 0 Å². The molecule has 1 amide bonds. The van der Waals surface area contributed by atoms with E-state index in [1.165, 1.54) is 5.56 Å². The number of hydrogen-bond donors (Lipinski definition) is 1. The first-order valence-corrected chi connectivity index (χ1v) is 9.71. The van der Waals surface area contributed by atoms with Gasteiger partial charge in [0, 0.05) is 18.8 Å². The number of aromatic nitrogens is 5. The number of benzene rings is 1. The predicted molar refractivity (Wildman–Crippen MR) is 115 cm³/mol. The van der Waals surface area contributed by atoms with Crippen molar-refractivity contribution >= 4 is 22.8 Å². The Morgan fingerprint density at radius 1 is 1.17 bits per heavy atom. The van der Waals surface area contributed by atoms with Gasteiger partial charge in [0.15, 0.2) is 12.3 Å². The lowest BCUT2D eigenvalue weighted by Gasteiger charge is -2.10. The van der Waals surface area contributed by atoms with E-state index in [1.807, 2.05) is 52.1 Å². The molecule has 0 fully saturated rings. The van der Waals surface area contributed by atoms with Crippen LogP contribution in [0.5, 0.6) is 5.88 Å². The first kappa shape index (κ1) is 19.6. The molecule has 4 rings (SSSR count). The van der Waals surface area contributed by atoms with Gasteiger partial charge in [-0.3, -0.25) is 4.79 Å². The second-order valence-corrected chi connectivity index (χ2v) is 7.41. The Kier molecular flexibility index (Phi) is 5.22. The normalized spacial score (nSPS) is 11.1. The molecule has 0 bridgehead atoms. The minimum absolute atomic E-state index is 0.158. The van der Waals surface area contributed by atoms with E-state index in [4.69, 9.17) is 4.74 Å². The summed E-state index contributed by atoms with van der Waals surface area (Å²) in [7, 11) is 1.81. The zero-order valence-corrected chi connectivity index (χ0v) is 17.5. The van der Waals surface area contributed by atoms with Crippen molar-refractivity contribution in [1.29, 1.82) is 0 Å². The third-order valence-electron chi connectivity index (χ3n) is 4.83. The molecule has 8 heteroatoms. The van der Waals surface area contributed by atoms with Gasteiger partial charge in [-0.25, -0.2) is 14.3 Å². The Morgan fingerprint density at radius 2 is 2.00 bits per heavy atom. The molecule has 0 spiro atoms. The highest BCUT2D eigenvalue weighted by Crippen LogP contribution is 2.27. The average molecular weight is 404 g/mol. The second-order valence-electron chi connectivity index (χ2n) is 7.41. The Balaban J connectivity index is 1.44. The van der Waals surface area contributed by atoms with Gasteiger partial charge in [0.2, 0.25) is 5.88 Å². The van der Waals surface area contributed by atoms with Crippen LogP contribution in [0.1, 0.15) is 22.4 Å². The van der Waals surface area contributed by atoms with E-state index in [9.17, 15) is 4.79 Å². The fraction of sp³-hybridized carbons (Fsp3) is 0.273. The molecule has 3 heterocycles. The maximum absolute atomic E-state index is 12.5. The van der Waals surface area contributed by atoms with Gasteiger partial charge in [-0.2, -0.15) is 5.10 Å². The quantitative estimate of drug-likeness (QED) is 0.533. The van der Waals surface area contributed by atoms with Gasteiger partial charge in [-0.15, -0.1) is 5.10 Å². The largest absolute Gasteiger partial charge is 0.466 e. The molecule has 1 aromatic carbocycles. The predicted octanol–water partition coefficient (Wildman–Crippen LogP) is 3.16. The van der Waals surface area contributed by atoms with Crippen LogP contribution >= 0.6 is 0 Å². The van der Waals surface area contributed by atoms with Crippen molar-refractivity contribution in [3.8, 4) is 5.88 Å². The minimum Gasteiger partial charge on any atom is -0.466 e. The summed E-state index contributed by atoms with van der Waals surface area (Å²) in [6.07, 6.45) is 1.66. The summed E-state index contributed by atoms with van der Waals surface area (Å²) in [6.45, 7) is 6.38. The molecule has 4 aromatic rings. The summed E-state index contributed by atoms with van der Waals surface area (Å²) >= 11 is 0. The Morgan fingerprint density at radius 3 is 2.80 bits per heavy atom. The van der Waals surface area contributed by atoms with E-state index in [2.05, 4.69) is 26.6 Å². The Labute approximate surface area is 174 Å². The summed E-state index contributed by atoms with van der Waals surface area (Å²) < 4.78 is 9.15. The molecule has 0 radical (unpaired) electrons. The van der Waals surface area contributed by atoms with Gasteiger partial charge in [0.05, 0.1) is 18.1 Å².